The Morgan fingerprint density at radius 2 is 1.65 bits per heavy atom. The molecule has 0 aromatic heterocycles. The van der Waals surface area contributed by atoms with Crippen LogP contribution >= 0.6 is 0 Å². The van der Waals surface area contributed by atoms with Gasteiger partial charge in [0.15, 0.2) is 5.75 Å². The molecule has 6 rings (SSSR count). The summed E-state index contributed by atoms with van der Waals surface area (Å²) in [7, 11) is 3.39. The summed E-state index contributed by atoms with van der Waals surface area (Å²) in [6.45, 7) is 12.5. The van der Waals surface area contributed by atoms with Crippen LogP contribution in [-0.2, 0) is 23.8 Å². The average Bonchev–Trinajstić information content (AvgIpc) is 3.48. The first-order chi connectivity index (χ1) is 28.3. The Hall–Kier alpha value is -5.20. The number of Topliss-reactive ketones (excluding diaryl/α,β-unsaturated/α-hetero) is 1. The summed E-state index contributed by atoms with van der Waals surface area (Å²) in [5.74, 6) is -9.25. The number of phenols is 3. The molecule has 4 heterocycles. The summed E-state index contributed by atoms with van der Waals surface area (Å²) < 4.78 is 23.5. The third-order valence-corrected chi connectivity index (χ3v) is 11.9. The minimum absolute atomic E-state index is 0.0368. The van der Waals surface area contributed by atoms with Crippen molar-refractivity contribution in [2.75, 3.05) is 52.3 Å². The molecular weight excluding hydrogens is 780 g/mol. The van der Waals surface area contributed by atoms with E-state index in [4.69, 9.17) is 18.9 Å². The van der Waals surface area contributed by atoms with E-state index in [1.165, 1.54) is 71.6 Å². The third kappa shape index (κ3) is 8.95. The number of likely N-dealkylation sites (N-methyl/N-ethyl adjacent to an activating group) is 1. The number of esters is 1. The van der Waals surface area contributed by atoms with Crippen molar-refractivity contribution in [1.29, 1.82) is 0 Å². The van der Waals surface area contributed by atoms with Gasteiger partial charge >= 0.3 is 11.8 Å². The normalized spacial score (nSPS) is 31.7. The molecule has 0 radical (unpaired) electrons. The van der Waals surface area contributed by atoms with Crippen LogP contribution in [0.2, 0.25) is 0 Å². The van der Waals surface area contributed by atoms with Gasteiger partial charge in [0, 0.05) is 87.3 Å². The number of nitrogens with one attached hydrogen (secondary N) is 1. The van der Waals surface area contributed by atoms with Gasteiger partial charge in [-0.05, 0) is 27.0 Å². The smallest absolute Gasteiger partial charge is 0.312 e. The van der Waals surface area contributed by atoms with Crippen molar-refractivity contribution in [3.05, 3.63) is 52.8 Å². The lowest BCUT2D eigenvalue weighted by atomic mass is 9.78. The van der Waals surface area contributed by atoms with E-state index in [-0.39, 0.29) is 44.5 Å². The first kappa shape index (κ1) is 45.9. The molecule has 0 unspecified atom stereocenters. The van der Waals surface area contributed by atoms with Gasteiger partial charge in [0.1, 0.15) is 23.4 Å². The van der Waals surface area contributed by atoms with Crippen molar-refractivity contribution in [3.63, 3.8) is 0 Å². The number of amides is 1. The minimum atomic E-state index is -2.06. The molecule has 7 N–H and O–H groups in total. The highest BCUT2D eigenvalue weighted by Gasteiger charge is 2.50. The van der Waals surface area contributed by atoms with Gasteiger partial charge in [-0.25, -0.2) is 0 Å². The minimum Gasteiger partial charge on any atom is -0.507 e. The van der Waals surface area contributed by atoms with Crippen LogP contribution in [0.4, 0.5) is 5.69 Å². The molecule has 9 atom stereocenters. The van der Waals surface area contributed by atoms with E-state index >= 15 is 0 Å². The number of phenolic OH excluding ortho intramolecular Hbond substituents is 3. The van der Waals surface area contributed by atoms with Gasteiger partial charge in [0.05, 0.1) is 59.6 Å². The van der Waals surface area contributed by atoms with Gasteiger partial charge in [0.2, 0.25) is 0 Å². The van der Waals surface area contributed by atoms with Crippen LogP contribution in [0, 0.1) is 30.6 Å². The SMILES string of the molecule is CO[C@H]1/C=C/O[C@@]2(C)Oc3c(C)c(O)c4c(O)c(c(/C=N/N5CCN(C)CC5)c(O)c4c3C2=O)NC(=O)/C(C)=C\C=C\[C@H](CO)[C@H](O)[C@@H](C)[C@@H](O)[C@@H](C)[C@H](OC(C)=O)[C@@H]1C. The molecule has 328 valence electrons. The number of hydrogen-bond acceptors (Lipinski definition) is 16. The van der Waals surface area contributed by atoms with Crippen LogP contribution in [0.15, 0.2) is 41.2 Å². The van der Waals surface area contributed by atoms with Crippen LogP contribution in [0.5, 0.6) is 23.0 Å². The number of benzene rings is 2. The fraction of sp³-hybridized carbons (Fsp3) is 0.535. The summed E-state index contributed by atoms with van der Waals surface area (Å²) in [5, 5.41) is 77.1. The number of ether oxygens (including phenoxy) is 4. The summed E-state index contributed by atoms with van der Waals surface area (Å²) >= 11 is 0. The molecule has 17 nitrogen and oxygen atoms in total. The van der Waals surface area contributed by atoms with Crippen molar-refractivity contribution in [2.24, 2.45) is 28.8 Å². The largest absolute Gasteiger partial charge is 0.507 e. The molecule has 1 saturated heterocycles. The fourth-order valence-corrected chi connectivity index (χ4v) is 7.97. The Morgan fingerprint density at radius 1 is 0.983 bits per heavy atom. The number of ketones is 1. The highest BCUT2D eigenvalue weighted by atomic mass is 16.7. The number of hydrazone groups is 1. The lowest BCUT2D eigenvalue weighted by molar-refractivity contribution is -0.160. The maximum Gasteiger partial charge on any atom is 0.312 e. The quantitative estimate of drug-likeness (QED) is 0.0990. The number of allylic oxidation sites excluding steroid dienone is 2. The number of nitrogens with zero attached hydrogens (tertiary/aromatic N) is 3. The number of anilines is 1. The van der Waals surface area contributed by atoms with Crippen molar-refractivity contribution in [1.82, 2.24) is 9.91 Å². The molecule has 1 amide bonds. The number of hydrogen-bond donors (Lipinski definition) is 7. The maximum absolute atomic E-state index is 14.4. The van der Waals surface area contributed by atoms with E-state index in [1.54, 1.807) is 25.8 Å². The van der Waals surface area contributed by atoms with E-state index in [0.717, 1.165) is 0 Å². The first-order valence-corrected chi connectivity index (χ1v) is 19.9. The highest BCUT2D eigenvalue weighted by Crippen LogP contribution is 2.55. The lowest BCUT2D eigenvalue weighted by Gasteiger charge is -2.38. The summed E-state index contributed by atoms with van der Waals surface area (Å²) in [4.78, 5) is 42.7. The zero-order chi connectivity index (χ0) is 44.4. The number of carbonyl (C=O) groups excluding carboxylic acids is 3. The van der Waals surface area contributed by atoms with Gasteiger partial charge in [-0.3, -0.25) is 19.4 Å². The van der Waals surface area contributed by atoms with Gasteiger partial charge in [-0.1, -0.05) is 39.0 Å². The molecule has 17 heteroatoms. The topological polar surface area (TPSA) is 240 Å². The third-order valence-electron chi connectivity index (χ3n) is 11.9. The summed E-state index contributed by atoms with van der Waals surface area (Å²) in [5.41, 5.74) is -0.531. The van der Waals surface area contributed by atoms with E-state index in [9.17, 15) is 45.0 Å². The number of methoxy groups -OCH3 is 1. The first-order valence-electron chi connectivity index (χ1n) is 19.9. The number of rotatable bonds is 5. The van der Waals surface area contributed by atoms with E-state index in [0.29, 0.717) is 26.2 Å². The van der Waals surface area contributed by atoms with Crippen LogP contribution in [0.1, 0.15) is 63.0 Å². The second kappa shape index (κ2) is 18.6. The van der Waals surface area contributed by atoms with Gasteiger partial charge < -0.3 is 59.8 Å². The molecule has 1 fully saturated rings. The molecule has 60 heavy (non-hydrogen) atoms. The van der Waals surface area contributed by atoms with Gasteiger partial charge in [-0.15, -0.1) is 0 Å². The van der Waals surface area contributed by atoms with Crippen LogP contribution in [-0.4, -0.2) is 142 Å². The van der Waals surface area contributed by atoms with Crippen LogP contribution < -0.4 is 10.1 Å². The Bertz CT molecular complexity index is 2090. The van der Waals surface area contributed by atoms with E-state index in [1.807, 2.05) is 7.05 Å². The molecule has 4 aliphatic heterocycles. The number of aromatic hydroxyl groups is 3. The number of piperazine rings is 1. The second-order valence-electron chi connectivity index (χ2n) is 16.1. The predicted molar refractivity (Wildman–Crippen MR) is 222 cm³/mol. The molecular formula is C43H58N4O13. The lowest BCUT2D eigenvalue weighted by Crippen LogP contribution is -2.47. The predicted octanol–water partition coefficient (Wildman–Crippen LogP) is 3.31. The molecule has 2 aromatic rings. The maximum atomic E-state index is 14.4. The molecule has 0 aliphatic carbocycles. The second-order valence-corrected chi connectivity index (χ2v) is 16.1. The molecule has 0 spiro atoms. The Balaban J connectivity index is 1.71. The Labute approximate surface area is 349 Å². The van der Waals surface area contributed by atoms with Crippen molar-refractivity contribution >= 4 is 40.3 Å². The highest BCUT2D eigenvalue weighted by molar-refractivity contribution is 6.23. The fourth-order valence-electron chi connectivity index (χ4n) is 7.97. The van der Waals surface area contributed by atoms with Crippen molar-refractivity contribution in [2.45, 2.75) is 78.7 Å². The van der Waals surface area contributed by atoms with Crippen LogP contribution in [0.25, 0.3) is 10.8 Å². The Kier molecular flexibility index (Phi) is 14.2. The summed E-state index contributed by atoms with van der Waals surface area (Å²) in [6.07, 6.45) is 3.92. The van der Waals surface area contributed by atoms with E-state index in [2.05, 4.69) is 15.3 Å². The molecule has 4 aliphatic rings. The number of aliphatic hydroxyl groups excluding tert-OH is 3. The molecule has 5 bridgehead atoms. The van der Waals surface area contributed by atoms with E-state index < -0.39 is 95.4 Å². The van der Waals surface area contributed by atoms with Gasteiger partial charge in [-0.2, -0.15) is 5.10 Å². The zero-order valence-electron chi connectivity index (χ0n) is 35.5. The number of aliphatic hydroxyl groups is 3. The summed E-state index contributed by atoms with van der Waals surface area (Å²) in [6, 6.07) is 0. The number of carbonyl (C=O) groups is 3. The van der Waals surface area contributed by atoms with Crippen molar-refractivity contribution in [3.8, 4) is 23.0 Å². The zero-order valence-corrected chi connectivity index (χ0v) is 35.5. The Morgan fingerprint density at radius 3 is 2.27 bits per heavy atom. The standard InChI is InChI=1S/C43H58N4O13/c1-21-11-10-12-27(20-48)35(51)23(3)34(50)24(4)39(59-26(6)49)22(2)29(57-9)13-18-58-43(7)41(55)32-30-31(36(52)25(5)40(32)60-43)38(54)33(45-42(21)56)28(37(30)53)19-44-47-16-14-46(8)15-17-47/h10-13,18-19,22-24,27,29,34-35,39,48,50-54H,14-17,20H2,1-9H3,(H,45,56)/b12-10+,18-13+,21-11-,44-19+/t22-,23+,24-,27-,29+,34-,35-,39-,43+/m1/s1. The van der Waals surface area contributed by atoms with Crippen molar-refractivity contribution < 1.29 is 64.0 Å². The number of fused-ring (bicyclic) bond motifs is 14. The average molecular weight is 839 g/mol. The monoisotopic (exact) mass is 838 g/mol. The van der Waals surface area contributed by atoms with Gasteiger partial charge in [0.25, 0.3) is 11.7 Å². The molecule has 2 aromatic carbocycles. The molecule has 0 saturated carbocycles. The van der Waals surface area contributed by atoms with Crippen LogP contribution in [0.3, 0.4) is 0 Å².